The molecule has 3 aromatic carbocycles. The summed E-state index contributed by atoms with van der Waals surface area (Å²) in [5.41, 5.74) is 6.37. The van der Waals surface area contributed by atoms with E-state index in [1.54, 1.807) is 7.11 Å². The first-order valence-corrected chi connectivity index (χ1v) is 11.3. The van der Waals surface area contributed by atoms with Gasteiger partial charge in [0.05, 0.1) is 13.2 Å². The van der Waals surface area contributed by atoms with Gasteiger partial charge in [-0.3, -0.25) is 9.69 Å². The molecule has 1 aliphatic carbocycles. The number of fused-ring (bicyclic) bond motifs is 3. The first-order valence-electron chi connectivity index (χ1n) is 11.3. The van der Waals surface area contributed by atoms with Crippen molar-refractivity contribution in [3.63, 3.8) is 0 Å². The Kier molecular flexibility index (Phi) is 5.93. The van der Waals surface area contributed by atoms with Crippen LogP contribution in [0.25, 0.3) is 11.1 Å². The topological polar surface area (TPSA) is 44.8 Å². The zero-order valence-electron chi connectivity index (χ0n) is 18.5. The van der Waals surface area contributed by atoms with Crippen molar-refractivity contribution in [3.05, 3.63) is 83.9 Å². The lowest BCUT2D eigenvalue weighted by atomic mass is 10.0. The van der Waals surface area contributed by atoms with Crippen molar-refractivity contribution in [3.8, 4) is 16.9 Å². The molecule has 5 nitrogen and oxygen atoms in total. The van der Waals surface area contributed by atoms with Crippen molar-refractivity contribution in [1.82, 2.24) is 9.80 Å². The molecule has 1 heterocycles. The summed E-state index contributed by atoms with van der Waals surface area (Å²) >= 11 is 0. The number of hydrogen-bond donors (Lipinski definition) is 1. The van der Waals surface area contributed by atoms with Crippen molar-refractivity contribution in [2.75, 3.05) is 45.2 Å². The van der Waals surface area contributed by atoms with Crippen molar-refractivity contribution < 1.29 is 9.53 Å². The number of amides is 1. The molecule has 164 valence electrons. The van der Waals surface area contributed by atoms with Gasteiger partial charge in [0.2, 0.25) is 5.91 Å². The molecule has 1 aliphatic heterocycles. The summed E-state index contributed by atoms with van der Waals surface area (Å²) in [6.45, 7) is 4.77. The van der Waals surface area contributed by atoms with Gasteiger partial charge in [-0.25, -0.2) is 0 Å². The number of methoxy groups -OCH3 is 1. The Hall–Kier alpha value is -3.15. The lowest BCUT2D eigenvalue weighted by Gasteiger charge is -2.38. The van der Waals surface area contributed by atoms with Crippen LogP contribution >= 0.6 is 0 Å². The molecule has 5 heteroatoms. The lowest BCUT2D eigenvalue weighted by Crippen LogP contribution is -2.48. The third-order valence-corrected chi connectivity index (χ3v) is 6.60. The average Bonchev–Trinajstić information content (AvgIpc) is 3.18. The number of piperazine rings is 1. The van der Waals surface area contributed by atoms with Gasteiger partial charge in [0.15, 0.2) is 0 Å². The number of carbonyl (C=O) groups excluding carboxylic acids is 1. The van der Waals surface area contributed by atoms with Crippen LogP contribution in [0.5, 0.6) is 5.75 Å². The molecule has 32 heavy (non-hydrogen) atoms. The second-order valence-corrected chi connectivity index (χ2v) is 8.48. The predicted molar refractivity (Wildman–Crippen MR) is 128 cm³/mol. The van der Waals surface area contributed by atoms with Crippen molar-refractivity contribution in [1.29, 1.82) is 0 Å². The second-order valence-electron chi connectivity index (χ2n) is 8.48. The Bertz CT molecular complexity index is 1040. The third kappa shape index (κ3) is 4.14. The lowest BCUT2D eigenvalue weighted by molar-refractivity contribution is -0.116. The number of ether oxygens (including phenoxy) is 1. The molecule has 0 bridgehead atoms. The molecule has 0 radical (unpaired) electrons. The van der Waals surface area contributed by atoms with Gasteiger partial charge < -0.3 is 15.0 Å². The Morgan fingerprint density at radius 2 is 1.47 bits per heavy atom. The number of benzene rings is 3. The molecule has 2 aliphatic rings. The van der Waals surface area contributed by atoms with E-state index >= 15 is 0 Å². The van der Waals surface area contributed by atoms with Crippen molar-refractivity contribution in [2.24, 2.45) is 0 Å². The second kappa shape index (κ2) is 9.15. The summed E-state index contributed by atoms with van der Waals surface area (Å²) in [6.07, 6.45) is 0.501. The van der Waals surface area contributed by atoms with E-state index in [4.69, 9.17) is 4.74 Å². The summed E-state index contributed by atoms with van der Waals surface area (Å²) in [6, 6.07) is 25.4. The van der Waals surface area contributed by atoms with Crippen LogP contribution < -0.4 is 10.1 Å². The molecule has 0 atom stereocenters. The normalized spacial score (nSPS) is 16.4. The molecular weight excluding hydrogens is 398 g/mol. The van der Waals surface area contributed by atoms with Crippen LogP contribution in [0.4, 0.5) is 5.69 Å². The van der Waals surface area contributed by atoms with Gasteiger partial charge >= 0.3 is 0 Å². The van der Waals surface area contributed by atoms with Crippen LogP contribution in [0.3, 0.4) is 0 Å². The highest BCUT2D eigenvalue weighted by molar-refractivity contribution is 5.90. The van der Waals surface area contributed by atoms with Gasteiger partial charge in [0.25, 0.3) is 0 Å². The molecule has 0 aromatic heterocycles. The molecule has 1 fully saturated rings. The highest BCUT2D eigenvalue weighted by Gasteiger charge is 2.34. The summed E-state index contributed by atoms with van der Waals surface area (Å²) < 4.78 is 5.16. The quantitative estimate of drug-likeness (QED) is 0.633. The summed E-state index contributed by atoms with van der Waals surface area (Å²) in [5, 5.41) is 2.98. The number of hydrogen-bond acceptors (Lipinski definition) is 4. The van der Waals surface area contributed by atoms with E-state index in [1.807, 2.05) is 24.3 Å². The maximum Gasteiger partial charge on any atom is 0.225 e. The number of nitrogens with one attached hydrogen (secondary N) is 1. The van der Waals surface area contributed by atoms with Crippen LogP contribution in [-0.4, -0.2) is 55.5 Å². The number of anilines is 1. The Morgan fingerprint density at radius 3 is 2.06 bits per heavy atom. The zero-order chi connectivity index (χ0) is 21.9. The van der Waals surface area contributed by atoms with Gasteiger partial charge in [-0.15, -0.1) is 0 Å². The first kappa shape index (κ1) is 20.7. The number of carbonyl (C=O) groups is 1. The predicted octanol–water partition coefficient (Wildman–Crippen LogP) is 4.41. The van der Waals surface area contributed by atoms with Gasteiger partial charge in [-0.2, -0.15) is 0 Å². The summed E-state index contributed by atoms with van der Waals surface area (Å²) in [5.74, 6) is 0.838. The first-order chi connectivity index (χ1) is 15.7. The molecular formula is C27H29N3O2. The van der Waals surface area contributed by atoms with Crippen molar-refractivity contribution in [2.45, 2.75) is 12.5 Å². The Morgan fingerprint density at radius 1 is 0.875 bits per heavy atom. The van der Waals surface area contributed by atoms with Crippen LogP contribution in [-0.2, 0) is 4.79 Å². The maximum atomic E-state index is 12.4. The summed E-state index contributed by atoms with van der Waals surface area (Å²) in [7, 11) is 1.64. The third-order valence-electron chi connectivity index (χ3n) is 6.60. The molecule has 1 N–H and O–H groups in total. The standard InChI is InChI=1S/C27H29N3O2/c1-32-21-12-10-20(11-13-21)28-26(31)14-15-29-16-18-30(19-17-29)27-24-8-4-2-6-22(24)23-7-3-5-9-25(23)27/h2-13,27H,14-19H2,1H3,(H,28,31). The molecule has 1 saturated heterocycles. The zero-order valence-corrected chi connectivity index (χ0v) is 18.5. The van der Waals surface area contributed by atoms with Crippen LogP contribution in [0.2, 0.25) is 0 Å². The molecule has 0 spiro atoms. The van der Waals surface area contributed by atoms with E-state index in [2.05, 4.69) is 63.6 Å². The molecule has 0 unspecified atom stereocenters. The summed E-state index contributed by atoms with van der Waals surface area (Å²) in [4.78, 5) is 17.4. The van der Waals surface area contributed by atoms with Gasteiger partial charge in [-0.05, 0) is 46.5 Å². The van der Waals surface area contributed by atoms with Gasteiger partial charge in [0.1, 0.15) is 5.75 Å². The van der Waals surface area contributed by atoms with Crippen LogP contribution in [0, 0.1) is 0 Å². The van der Waals surface area contributed by atoms with Gasteiger partial charge in [-0.1, -0.05) is 48.5 Å². The largest absolute Gasteiger partial charge is 0.497 e. The Balaban J connectivity index is 1.16. The van der Waals surface area contributed by atoms with Crippen LogP contribution in [0.1, 0.15) is 23.6 Å². The minimum Gasteiger partial charge on any atom is -0.497 e. The van der Waals surface area contributed by atoms with Gasteiger partial charge in [0, 0.05) is 44.8 Å². The van der Waals surface area contributed by atoms with E-state index in [-0.39, 0.29) is 5.91 Å². The molecule has 3 aromatic rings. The van der Waals surface area contributed by atoms with E-state index in [9.17, 15) is 4.79 Å². The monoisotopic (exact) mass is 427 g/mol. The van der Waals surface area contributed by atoms with E-state index < -0.39 is 0 Å². The van der Waals surface area contributed by atoms with E-state index in [0.717, 1.165) is 44.2 Å². The van der Waals surface area contributed by atoms with E-state index in [0.29, 0.717) is 12.5 Å². The fourth-order valence-electron chi connectivity index (χ4n) is 4.93. The molecule has 1 amide bonds. The molecule has 0 saturated carbocycles. The van der Waals surface area contributed by atoms with Crippen molar-refractivity contribution >= 4 is 11.6 Å². The number of rotatable bonds is 6. The Labute approximate surface area is 189 Å². The number of nitrogens with zero attached hydrogens (tertiary/aromatic N) is 2. The molecule has 5 rings (SSSR count). The average molecular weight is 428 g/mol. The van der Waals surface area contributed by atoms with Crippen LogP contribution in [0.15, 0.2) is 72.8 Å². The smallest absolute Gasteiger partial charge is 0.225 e. The highest BCUT2D eigenvalue weighted by atomic mass is 16.5. The minimum atomic E-state index is 0.0521. The SMILES string of the molecule is COc1ccc(NC(=O)CCN2CCN(C3c4ccccc4-c4ccccc43)CC2)cc1. The van der Waals surface area contributed by atoms with E-state index in [1.165, 1.54) is 22.3 Å². The highest BCUT2D eigenvalue weighted by Crippen LogP contribution is 2.46. The maximum absolute atomic E-state index is 12.4. The fraction of sp³-hybridized carbons (Fsp3) is 0.296. The fourth-order valence-corrected chi connectivity index (χ4v) is 4.93. The minimum absolute atomic E-state index is 0.0521.